The lowest BCUT2D eigenvalue weighted by Crippen LogP contribution is -2.15. The van der Waals surface area contributed by atoms with Gasteiger partial charge in [0.2, 0.25) is 0 Å². The van der Waals surface area contributed by atoms with Crippen molar-refractivity contribution in [3.05, 3.63) is 35.5 Å². The molecule has 0 radical (unpaired) electrons. The van der Waals surface area contributed by atoms with E-state index in [0.717, 1.165) is 30.0 Å². The molecule has 0 atom stereocenters. The average molecular weight is 286 g/mol. The molecule has 0 aliphatic heterocycles. The third kappa shape index (κ3) is 3.94. The molecule has 0 amide bonds. The first-order chi connectivity index (χ1) is 10.2. The lowest BCUT2D eigenvalue weighted by molar-refractivity contribution is 0.415. The van der Waals surface area contributed by atoms with Gasteiger partial charge in [-0.25, -0.2) is 0 Å². The zero-order valence-electron chi connectivity index (χ0n) is 13.6. The van der Waals surface area contributed by atoms with E-state index in [1.165, 1.54) is 23.8 Å². The fraction of sp³-hybridized carbons (Fsp3) is 0.500. The minimum atomic E-state index is 0.436. The molecule has 114 valence electrons. The molecule has 2 aromatic rings. The summed E-state index contributed by atoms with van der Waals surface area (Å²) in [6.45, 7) is 8.52. The second kappa shape index (κ2) is 7.41. The Morgan fingerprint density at radius 1 is 1.24 bits per heavy atom. The van der Waals surface area contributed by atoms with E-state index in [1.54, 1.807) is 7.11 Å². The average Bonchev–Trinajstić information content (AvgIpc) is 2.50. The van der Waals surface area contributed by atoms with E-state index in [1.807, 2.05) is 6.07 Å². The summed E-state index contributed by atoms with van der Waals surface area (Å²) in [5.74, 6) is 1.32. The molecule has 0 saturated heterocycles. The third-order valence-electron chi connectivity index (χ3n) is 3.74. The van der Waals surface area contributed by atoms with E-state index >= 15 is 0 Å². The fourth-order valence-corrected chi connectivity index (χ4v) is 2.39. The maximum absolute atomic E-state index is 5.35. The summed E-state index contributed by atoms with van der Waals surface area (Å²) in [4.78, 5) is 4.77. The second-order valence-electron chi connectivity index (χ2n) is 5.77. The van der Waals surface area contributed by atoms with Gasteiger partial charge < -0.3 is 10.1 Å². The summed E-state index contributed by atoms with van der Waals surface area (Å²) in [7, 11) is 1.70. The number of benzene rings is 1. The first-order valence-corrected chi connectivity index (χ1v) is 7.84. The van der Waals surface area contributed by atoms with Crippen molar-refractivity contribution in [2.75, 3.05) is 13.7 Å². The van der Waals surface area contributed by atoms with Crippen molar-refractivity contribution >= 4 is 10.9 Å². The highest BCUT2D eigenvalue weighted by Crippen LogP contribution is 2.26. The van der Waals surface area contributed by atoms with Crippen LogP contribution in [0.4, 0.5) is 0 Å². The lowest BCUT2D eigenvalue weighted by atomic mass is 10.0. The van der Waals surface area contributed by atoms with Gasteiger partial charge >= 0.3 is 0 Å². The highest BCUT2D eigenvalue weighted by Gasteiger charge is 2.09. The molecule has 1 heterocycles. The summed E-state index contributed by atoms with van der Waals surface area (Å²) < 4.78 is 5.35. The van der Waals surface area contributed by atoms with E-state index in [-0.39, 0.29) is 0 Å². The number of hydrogen-bond acceptors (Lipinski definition) is 3. The molecular formula is C18H26N2O. The number of aromatic nitrogens is 1. The van der Waals surface area contributed by atoms with Gasteiger partial charge in [0, 0.05) is 17.6 Å². The Bertz CT molecular complexity index is 593. The molecule has 0 aliphatic carbocycles. The molecule has 1 N–H and O–H groups in total. The van der Waals surface area contributed by atoms with Crippen LogP contribution in [0.2, 0.25) is 0 Å². The summed E-state index contributed by atoms with van der Waals surface area (Å²) in [5, 5.41) is 4.71. The van der Waals surface area contributed by atoms with E-state index in [2.05, 4.69) is 44.3 Å². The van der Waals surface area contributed by atoms with Gasteiger partial charge in [0.05, 0.1) is 12.6 Å². The van der Waals surface area contributed by atoms with Gasteiger partial charge in [-0.3, -0.25) is 4.98 Å². The summed E-state index contributed by atoms with van der Waals surface area (Å²) in [6, 6.07) is 8.35. The Hall–Kier alpha value is -1.61. The standard InChI is InChI=1S/C18H26N2O/c1-5-6-9-19-12-14-10-18(13(2)3)20-17-8-7-15(21-4)11-16(14)17/h7-8,10-11,13,19H,5-6,9,12H2,1-4H3. The van der Waals surface area contributed by atoms with Crippen LogP contribution in [-0.4, -0.2) is 18.6 Å². The number of fused-ring (bicyclic) bond motifs is 1. The molecule has 3 nitrogen and oxygen atoms in total. The predicted molar refractivity (Wildman–Crippen MR) is 89.0 cm³/mol. The van der Waals surface area contributed by atoms with Crippen molar-refractivity contribution in [3.8, 4) is 5.75 Å². The highest BCUT2D eigenvalue weighted by atomic mass is 16.5. The Morgan fingerprint density at radius 3 is 2.71 bits per heavy atom. The van der Waals surface area contributed by atoms with Crippen LogP contribution in [0.5, 0.6) is 5.75 Å². The van der Waals surface area contributed by atoms with E-state index in [4.69, 9.17) is 9.72 Å². The monoisotopic (exact) mass is 286 g/mol. The van der Waals surface area contributed by atoms with Gasteiger partial charge in [-0.05, 0) is 48.7 Å². The van der Waals surface area contributed by atoms with Crippen molar-refractivity contribution in [2.45, 2.75) is 46.1 Å². The van der Waals surface area contributed by atoms with Crippen LogP contribution in [0.3, 0.4) is 0 Å². The summed E-state index contributed by atoms with van der Waals surface area (Å²) in [6.07, 6.45) is 2.43. The van der Waals surface area contributed by atoms with Crippen LogP contribution in [0.15, 0.2) is 24.3 Å². The Morgan fingerprint density at radius 2 is 2.05 bits per heavy atom. The SMILES string of the molecule is CCCCNCc1cc(C(C)C)nc2ccc(OC)cc12. The van der Waals surface area contributed by atoms with Crippen LogP contribution in [0.25, 0.3) is 10.9 Å². The first kappa shape index (κ1) is 15.8. The second-order valence-corrected chi connectivity index (χ2v) is 5.77. The van der Waals surface area contributed by atoms with Gasteiger partial charge in [-0.2, -0.15) is 0 Å². The maximum Gasteiger partial charge on any atom is 0.119 e. The molecule has 0 fully saturated rings. The van der Waals surface area contributed by atoms with Crippen LogP contribution >= 0.6 is 0 Å². The van der Waals surface area contributed by atoms with E-state index in [9.17, 15) is 0 Å². The van der Waals surface area contributed by atoms with Gasteiger partial charge in [-0.15, -0.1) is 0 Å². The summed E-state index contributed by atoms with van der Waals surface area (Å²) >= 11 is 0. The van der Waals surface area contributed by atoms with Crippen molar-refractivity contribution in [1.29, 1.82) is 0 Å². The van der Waals surface area contributed by atoms with E-state index < -0.39 is 0 Å². The third-order valence-corrected chi connectivity index (χ3v) is 3.74. The number of nitrogens with zero attached hydrogens (tertiary/aromatic N) is 1. The molecule has 3 heteroatoms. The Labute approximate surface area is 127 Å². The molecule has 1 aromatic carbocycles. The molecule has 2 rings (SSSR count). The minimum Gasteiger partial charge on any atom is -0.497 e. The lowest BCUT2D eigenvalue weighted by Gasteiger charge is -2.13. The van der Waals surface area contributed by atoms with Gasteiger partial charge in [0.15, 0.2) is 0 Å². The fourth-order valence-electron chi connectivity index (χ4n) is 2.39. The van der Waals surface area contributed by atoms with Crippen LogP contribution in [0, 0.1) is 0 Å². The highest BCUT2D eigenvalue weighted by molar-refractivity contribution is 5.84. The number of rotatable bonds is 7. The molecule has 0 aliphatic rings. The molecule has 21 heavy (non-hydrogen) atoms. The first-order valence-electron chi connectivity index (χ1n) is 7.84. The number of hydrogen-bond donors (Lipinski definition) is 1. The minimum absolute atomic E-state index is 0.436. The number of pyridine rings is 1. The zero-order valence-corrected chi connectivity index (χ0v) is 13.6. The van der Waals surface area contributed by atoms with Crippen LogP contribution in [-0.2, 0) is 6.54 Å². The molecule has 0 spiro atoms. The van der Waals surface area contributed by atoms with Crippen molar-refractivity contribution < 1.29 is 4.74 Å². The maximum atomic E-state index is 5.35. The largest absolute Gasteiger partial charge is 0.497 e. The normalized spacial score (nSPS) is 11.3. The zero-order chi connectivity index (χ0) is 15.2. The van der Waals surface area contributed by atoms with Crippen molar-refractivity contribution in [1.82, 2.24) is 10.3 Å². The molecule has 0 saturated carbocycles. The molecule has 0 bridgehead atoms. The smallest absolute Gasteiger partial charge is 0.119 e. The Balaban J connectivity index is 2.37. The topological polar surface area (TPSA) is 34.2 Å². The number of unbranched alkanes of at least 4 members (excludes halogenated alkanes) is 1. The van der Waals surface area contributed by atoms with Gasteiger partial charge in [0.1, 0.15) is 5.75 Å². The number of ether oxygens (including phenoxy) is 1. The molecule has 0 unspecified atom stereocenters. The Kier molecular flexibility index (Phi) is 5.57. The molecule has 1 aromatic heterocycles. The number of nitrogens with one attached hydrogen (secondary N) is 1. The predicted octanol–water partition coefficient (Wildman–Crippen LogP) is 4.26. The van der Waals surface area contributed by atoms with Crippen molar-refractivity contribution in [3.63, 3.8) is 0 Å². The van der Waals surface area contributed by atoms with Crippen LogP contribution in [0.1, 0.15) is 50.8 Å². The van der Waals surface area contributed by atoms with Crippen molar-refractivity contribution in [2.24, 2.45) is 0 Å². The quantitative estimate of drug-likeness (QED) is 0.772. The summed E-state index contributed by atoms with van der Waals surface area (Å²) in [5.41, 5.74) is 3.51. The van der Waals surface area contributed by atoms with Gasteiger partial charge in [-0.1, -0.05) is 27.2 Å². The van der Waals surface area contributed by atoms with E-state index in [0.29, 0.717) is 5.92 Å². The number of methoxy groups -OCH3 is 1. The van der Waals surface area contributed by atoms with Crippen LogP contribution < -0.4 is 10.1 Å². The van der Waals surface area contributed by atoms with Gasteiger partial charge in [0.25, 0.3) is 0 Å². The molecular weight excluding hydrogens is 260 g/mol.